The molecule has 0 aromatic heterocycles. The van der Waals surface area contributed by atoms with Gasteiger partial charge in [0.05, 0.1) is 6.61 Å². The van der Waals surface area contributed by atoms with Gasteiger partial charge in [0.15, 0.2) is 6.23 Å². The van der Waals surface area contributed by atoms with Gasteiger partial charge in [-0.25, -0.2) is 18.5 Å². The quantitative estimate of drug-likeness (QED) is 0.178. The van der Waals surface area contributed by atoms with Crippen molar-refractivity contribution >= 4 is 35.4 Å². The number of nitrogens with zero attached hydrogens (tertiary/aromatic N) is 1. The zero-order chi connectivity index (χ0) is 22.2. The van der Waals surface area contributed by atoms with E-state index in [0.29, 0.717) is 0 Å². The van der Waals surface area contributed by atoms with E-state index in [4.69, 9.17) is 19.4 Å². The SMILES string of the molecule is O=C1CCN([C@@H]2O[C@H](COP(=O)(O)OP(=O)(O)OP(=O)(O)O)[C@@H](O)[C@H]2O)C(=O)N1. The van der Waals surface area contributed by atoms with E-state index in [-0.39, 0.29) is 13.0 Å². The average Bonchev–Trinajstić information content (AvgIpc) is 2.78. The number of imide groups is 1. The summed E-state index contributed by atoms with van der Waals surface area (Å²) in [5.74, 6) is -0.566. The number of ether oxygens (including phenoxy) is 1. The zero-order valence-electron chi connectivity index (χ0n) is 14.1. The third kappa shape index (κ3) is 6.87. The van der Waals surface area contributed by atoms with Gasteiger partial charge in [0.2, 0.25) is 5.91 Å². The first-order chi connectivity index (χ1) is 13.1. The molecule has 2 heterocycles. The number of aliphatic hydroxyl groups excluding tert-OH is 2. The Morgan fingerprint density at radius 1 is 1.03 bits per heavy atom. The molecule has 20 heteroatoms. The predicted octanol–water partition coefficient (Wildman–Crippen LogP) is -2.28. The smallest absolute Gasteiger partial charge is 0.387 e. The van der Waals surface area contributed by atoms with E-state index in [1.807, 2.05) is 5.32 Å². The molecular formula is C9H17N2O15P3. The maximum absolute atomic E-state index is 11.8. The molecule has 0 radical (unpaired) electrons. The summed E-state index contributed by atoms with van der Waals surface area (Å²) in [5, 5.41) is 21.9. The monoisotopic (exact) mass is 486 g/mol. The summed E-state index contributed by atoms with van der Waals surface area (Å²) in [6.07, 6.45) is -6.56. The van der Waals surface area contributed by atoms with Crippen molar-refractivity contribution in [1.29, 1.82) is 0 Å². The van der Waals surface area contributed by atoms with E-state index < -0.39 is 66.6 Å². The summed E-state index contributed by atoms with van der Waals surface area (Å²) in [7, 11) is -16.7. The van der Waals surface area contributed by atoms with Crippen molar-refractivity contribution in [2.45, 2.75) is 31.0 Å². The third-order valence-electron chi connectivity index (χ3n) is 3.55. The molecule has 2 fully saturated rings. The molecule has 7 N–H and O–H groups in total. The molecule has 3 amide bonds. The highest BCUT2D eigenvalue weighted by molar-refractivity contribution is 7.66. The fourth-order valence-corrected chi connectivity index (χ4v) is 5.45. The highest BCUT2D eigenvalue weighted by Crippen LogP contribution is 2.66. The molecule has 0 spiro atoms. The average molecular weight is 486 g/mol. The van der Waals surface area contributed by atoms with Gasteiger partial charge in [-0.1, -0.05) is 0 Å². The highest BCUT2D eigenvalue weighted by atomic mass is 31.3. The highest BCUT2D eigenvalue weighted by Gasteiger charge is 2.49. The van der Waals surface area contributed by atoms with Gasteiger partial charge in [-0.3, -0.25) is 19.5 Å². The number of hydrogen-bond donors (Lipinski definition) is 7. The Bertz CT molecular complexity index is 798. The number of hydrogen-bond acceptors (Lipinski definition) is 11. The molecule has 2 unspecified atom stereocenters. The molecule has 6 atom stereocenters. The van der Waals surface area contributed by atoms with E-state index in [1.54, 1.807) is 0 Å². The van der Waals surface area contributed by atoms with E-state index in [1.165, 1.54) is 0 Å². The number of phosphoric acid groups is 3. The summed E-state index contributed by atoms with van der Waals surface area (Å²) in [6, 6.07) is -0.911. The van der Waals surface area contributed by atoms with Gasteiger partial charge in [-0.05, 0) is 0 Å². The fraction of sp³-hybridized carbons (Fsp3) is 0.778. The Morgan fingerprint density at radius 2 is 1.66 bits per heavy atom. The zero-order valence-corrected chi connectivity index (χ0v) is 16.8. The van der Waals surface area contributed by atoms with Crippen LogP contribution in [0.15, 0.2) is 0 Å². The molecule has 2 aliphatic rings. The van der Waals surface area contributed by atoms with Crippen molar-refractivity contribution in [3.63, 3.8) is 0 Å². The Labute approximate surface area is 161 Å². The number of carbonyl (C=O) groups is 2. The number of carbonyl (C=O) groups excluding carboxylic acids is 2. The predicted molar refractivity (Wildman–Crippen MR) is 85.4 cm³/mol. The lowest BCUT2D eigenvalue weighted by molar-refractivity contribution is -0.125. The number of aliphatic hydroxyl groups is 2. The van der Waals surface area contributed by atoms with E-state index in [9.17, 15) is 38.4 Å². The minimum Gasteiger partial charge on any atom is -0.387 e. The van der Waals surface area contributed by atoms with Crippen LogP contribution in [-0.4, -0.2) is 84.3 Å². The number of amides is 3. The Hall–Kier alpha value is -0.770. The first kappa shape index (κ1) is 24.5. The molecule has 2 saturated heterocycles. The van der Waals surface area contributed by atoms with Crippen molar-refractivity contribution in [1.82, 2.24) is 10.2 Å². The van der Waals surface area contributed by atoms with Crippen molar-refractivity contribution in [2.75, 3.05) is 13.2 Å². The van der Waals surface area contributed by atoms with Crippen LogP contribution in [-0.2, 0) is 36.4 Å². The first-order valence-corrected chi connectivity index (χ1v) is 12.0. The molecule has 0 bridgehead atoms. The van der Waals surface area contributed by atoms with E-state index in [2.05, 4.69) is 13.1 Å². The second-order valence-electron chi connectivity index (χ2n) is 5.73. The molecule has 29 heavy (non-hydrogen) atoms. The van der Waals surface area contributed by atoms with Gasteiger partial charge in [0.25, 0.3) is 0 Å². The van der Waals surface area contributed by atoms with Crippen LogP contribution >= 0.6 is 23.5 Å². The van der Waals surface area contributed by atoms with Crippen LogP contribution in [0.2, 0.25) is 0 Å². The van der Waals surface area contributed by atoms with Crippen LogP contribution in [0.4, 0.5) is 4.79 Å². The largest absolute Gasteiger partial charge is 0.490 e. The van der Waals surface area contributed by atoms with Crippen molar-refractivity contribution in [2.24, 2.45) is 0 Å². The Balaban J connectivity index is 1.97. The van der Waals surface area contributed by atoms with Crippen molar-refractivity contribution < 1.29 is 71.0 Å². The number of urea groups is 1. The fourth-order valence-electron chi connectivity index (χ4n) is 2.42. The molecule has 2 aliphatic heterocycles. The van der Waals surface area contributed by atoms with Gasteiger partial charge < -0.3 is 34.5 Å². The Kier molecular flexibility index (Phi) is 7.41. The van der Waals surface area contributed by atoms with Crippen LogP contribution in [0.5, 0.6) is 0 Å². The second-order valence-corrected chi connectivity index (χ2v) is 10.1. The van der Waals surface area contributed by atoms with E-state index >= 15 is 0 Å². The number of rotatable bonds is 8. The van der Waals surface area contributed by atoms with Crippen LogP contribution in [0, 0.1) is 0 Å². The summed E-state index contributed by atoms with van der Waals surface area (Å²) in [6.45, 7) is -1.17. The van der Waals surface area contributed by atoms with Gasteiger partial charge in [0.1, 0.15) is 18.3 Å². The molecule has 0 aliphatic carbocycles. The molecule has 17 nitrogen and oxygen atoms in total. The standard InChI is InChI=1S/C9H17N2O15P3/c12-5-1-2-11(9(15)10-5)8-7(14)6(13)4(24-8)3-23-28(19,20)26-29(21,22)25-27(16,17)18/h4,6-8,13-14H,1-3H2,(H,19,20)(H,21,22)(H,10,12,15)(H2,16,17,18)/t4-,6-,7-,8-/m1/s1. The van der Waals surface area contributed by atoms with Gasteiger partial charge in [-0.2, -0.15) is 8.62 Å². The first-order valence-electron chi connectivity index (χ1n) is 7.51. The molecule has 168 valence electrons. The lowest BCUT2D eigenvalue weighted by Crippen LogP contribution is -2.56. The molecule has 0 aromatic carbocycles. The minimum atomic E-state index is -5.72. The van der Waals surface area contributed by atoms with Gasteiger partial charge in [0, 0.05) is 13.0 Å². The normalized spacial score (nSPS) is 32.6. The van der Waals surface area contributed by atoms with Gasteiger partial charge in [-0.15, -0.1) is 0 Å². The number of nitrogens with one attached hydrogen (secondary N) is 1. The van der Waals surface area contributed by atoms with Crippen LogP contribution in [0.1, 0.15) is 6.42 Å². The molecule has 0 aromatic rings. The third-order valence-corrected chi connectivity index (χ3v) is 7.35. The van der Waals surface area contributed by atoms with Gasteiger partial charge >= 0.3 is 29.5 Å². The summed E-state index contributed by atoms with van der Waals surface area (Å²) >= 11 is 0. The number of phosphoric ester groups is 1. The lowest BCUT2D eigenvalue weighted by Gasteiger charge is -2.32. The lowest BCUT2D eigenvalue weighted by atomic mass is 10.1. The summed E-state index contributed by atoms with van der Waals surface area (Å²) in [5.41, 5.74) is 0. The molecule has 2 rings (SSSR count). The van der Waals surface area contributed by atoms with Crippen molar-refractivity contribution in [3.05, 3.63) is 0 Å². The second kappa shape index (κ2) is 8.77. The molecule has 0 saturated carbocycles. The van der Waals surface area contributed by atoms with Crippen LogP contribution < -0.4 is 5.32 Å². The maximum atomic E-state index is 11.8. The Morgan fingerprint density at radius 3 is 2.21 bits per heavy atom. The topological polar surface area (TPSA) is 259 Å². The van der Waals surface area contributed by atoms with E-state index in [0.717, 1.165) is 4.90 Å². The summed E-state index contributed by atoms with van der Waals surface area (Å²) < 4.78 is 50.0. The maximum Gasteiger partial charge on any atom is 0.490 e. The van der Waals surface area contributed by atoms with Crippen LogP contribution in [0.25, 0.3) is 0 Å². The molecular weight excluding hydrogens is 469 g/mol. The van der Waals surface area contributed by atoms with Crippen molar-refractivity contribution in [3.8, 4) is 0 Å². The summed E-state index contributed by atoms with van der Waals surface area (Å²) in [4.78, 5) is 59.1. The minimum absolute atomic E-state index is 0.110. The van der Waals surface area contributed by atoms with Crippen LogP contribution in [0.3, 0.4) is 0 Å².